The summed E-state index contributed by atoms with van der Waals surface area (Å²) in [6, 6.07) is 9.58. The highest BCUT2D eigenvalue weighted by Gasteiger charge is 2.44. The smallest absolute Gasteiger partial charge is 0.408 e. The molecule has 0 bridgehead atoms. The Morgan fingerprint density at radius 3 is 2.75 bits per heavy atom. The van der Waals surface area contributed by atoms with Gasteiger partial charge in [0.2, 0.25) is 5.88 Å². The number of alkyl halides is 3. The molecule has 1 unspecified atom stereocenters. The summed E-state index contributed by atoms with van der Waals surface area (Å²) in [6.07, 6.45) is -4.07. The zero-order valence-corrected chi connectivity index (χ0v) is 12.6. The van der Waals surface area contributed by atoms with Gasteiger partial charge >= 0.3 is 12.3 Å². The maximum Gasteiger partial charge on any atom is 0.446 e. The maximum atomic E-state index is 12.7. The lowest BCUT2D eigenvalue weighted by Crippen LogP contribution is -2.30. The molecule has 0 saturated heterocycles. The molecule has 0 aliphatic carbocycles. The van der Waals surface area contributed by atoms with Gasteiger partial charge in [0.1, 0.15) is 5.75 Å². The lowest BCUT2D eigenvalue weighted by atomic mass is 10.3. The average Bonchev–Trinajstić information content (AvgIpc) is 2.97. The third-order valence-corrected chi connectivity index (χ3v) is 4.07. The van der Waals surface area contributed by atoms with Gasteiger partial charge in [0.25, 0.3) is 0 Å². The van der Waals surface area contributed by atoms with Gasteiger partial charge < -0.3 is 14.9 Å². The highest BCUT2D eigenvalue weighted by molar-refractivity contribution is 8.00. The predicted octanol–water partition coefficient (Wildman–Crippen LogP) is 3.57. The number of hydrogen-bond donors (Lipinski definition) is 2. The quantitative estimate of drug-likeness (QED) is 0.819. The molecular weight excluding hydrogens is 347 g/mol. The monoisotopic (exact) mass is 357 g/mol. The van der Waals surface area contributed by atoms with Crippen molar-refractivity contribution in [3.63, 3.8) is 0 Å². The largest absolute Gasteiger partial charge is 0.446 e. The second-order valence-electron chi connectivity index (χ2n) is 4.61. The van der Waals surface area contributed by atoms with E-state index in [4.69, 9.17) is 9.57 Å². The van der Waals surface area contributed by atoms with Crippen LogP contribution in [0.4, 0.5) is 23.7 Å². The van der Waals surface area contributed by atoms with Crippen molar-refractivity contribution in [2.24, 2.45) is 0 Å². The van der Waals surface area contributed by atoms with Crippen molar-refractivity contribution in [3.05, 3.63) is 42.6 Å². The number of amides is 1. The molecule has 24 heavy (non-hydrogen) atoms. The number of hydrogen-bond acceptors (Lipinski definition) is 6. The number of benzene rings is 1. The van der Waals surface area contributed by atoms with Crippen molar-refractivity contribution in [3.8, 4) is 11.6 Å². The molecule has 1 amide bonds. The van der Waals surface area contributed by atoms with Crippen molar-refractivity contribution < 1.29 is 27.5 Å². The predicted molar refractivity (Wildman–Crippen MR) is 79.8 cm³/mol. The minimum absolute atomic E-state index is 0.0594. The molecule has 2 heterocycles. The summed E-state index contributed by atoms with van der Waals surface area (Å²) < 4.78 is 43.0. The number of carbonyl (C=O) groups is 1. The standard InChI is InChI=1S/C14H10F3N3O3S/c15-14(16,17)12-19-9-7-18-11(6-10(9)24-12)23-20-13(21)22-8-4-2-1-3-5-8/h1-7,12,19H,(H,20,21). The number of carbonyl (C=O) groups excluding carboxylic acids is 1. The molecular formula is C14H10F3N3O3S. The number of ether oxygens (including phenoxy) is 1. The Morgan fingerprint density at radius 1 is 1.29 bits per heavy atom. The van der Waals surface area contributed by atoms with Crippen LogP contribution in [0.5, 0.6) is 11.6 Å². The second-order valence-corrected chi connectivity index (χ2v) is 5.76. The van der Waals surface area contributed by atoms with Crippen molar-refractivity contribution in [2.45, 2.75) is 16.4 Å². The first-order valence-corrected chi connectivity index (χ1v) is 7.49. The molecule has 1 aromatic heterocycles. The molecule has 10 heteroatoms. The molecule has 1 aliphatic rings. The van der Waals surface area contributed by atoms with Crippen molar-refractivity contribution in [2.75, 3.05) is 5.32 Å². The Labute approximate surface area is 138 Å². The van der Waals surface area contributed by atoms with Crippen molar-refractivity contribution in [1.29, 1.82) is 0 Å². The van der Waals surface area contributed by atoms with E-state index in [0.29, 0.717) is 22.4 Å². The molecule has 2 N–H and O–H groups in total. The number of anilines is 1. The van der Waals surface area contributed by atoms with Gasteiger partial charge in [-0.2, -0.15) is 18.7 Å². The molecule has 126 valence electrons. The summed E-state index contributed by atoms with van der Waals surface area (Å²) in [7, 11) is 0. The molecule has 3 rings (SSSR count). The second kappa shape index (κ2) is 6.48. The van der Waals surface area contributed by atoms with Crippen molar-refractivity contribution >= 4 is 23.5 Å². The summed E-state index contributed by atoms with van der Waals surface area (Å²) in [5.41, 5.74) is 2.26. The number of nitrogens with one attached hydrogen (secondary N) is 2. The summed E-state index contributed by atoms with van der Waals surface area (Å²) in [4.78, 5) is 20.6. The van der Waals surface area contributed by atoms with E-state index in [0.717, 1.165) is 0 Å². The normalized spacial score (nSPS) is 16.0. The van der Waals surface area contributed by atoms with Gasteiger partial charge in [-0.1, -0.05) is 30.0 Å². The molecule has 1 aliphatic heterocycles. The van der Waals surface area contributed by atoms with Gasteiger partial charge in [0.15, 0.2) is 5.37 Å². The number of thioether (sulfide) groups is 1. The van der Waals surface area contributed by atoms with Crippen LogP contribution in [-0.2, 0) is 0 Å². The van der Waals surface area contributed by atoms with Gasteiger partial charge in [-0.25, -0.2) is 9.78 Å². The SMILES string of the molecule is O=C(NOc1cc2c(cn1)NC(C(F)(F)F)S2)Oc1ccccc1. The molecule has 0 saturated carbocycles. The lowest BCUT2D eigenvalue weighted by molar-refractivity contribution is -0.123. The van der Waals surface area contributed by atoms with E-state index in [-0.39, 0.29) is 11.6 Å². The Bertz CT molecular complexity index is 743. The number of hydroxylamine groups is 1. The fourth-order valence-electron chi connectivity index (χ4n) is 1.84. The summed E-state index contributed by atoms with van der Waals surface area (Å²) in [5, 5.41) is 0.571. The van der Waals surface area contributed by atoms with E-state index in [1.54, 1.807) is 30.3 Å². The first-order chi connectivity index (χ1) is 11.4. The minimum Gasteiger partial charge on any atom is -0.408 e. The van der Waals surface area contributed by atoms with E-state index in [2.05, 4.69) is 10.3 Å². The van der Waals surface area contributed by atoms with Crippen LogP contribution >= 0.6 is 11.8 Å². The van der Waals surface area contributed by atoms with E-state index in [9.17, 15) is 18.0 Å². The van der Waals surface area contributed by atoms with E-state index in [1.807, 2.05) is 5.48 Å². The van der Waals surface area contributed by atoms with E-state index >= 15 is 0 Å². The van der Waals surface area contributed by atoms with E-state index < -0.39 is 17.6 Å². The summed E-state index contributed by atoms with van der Waals surface area (Å²) in [5.74, 6) is 0.254. The zero-order valence-electron chi connectivity index (χ0n) is 11.8. The Kier molecular flexibility index (Phi) is 4.38. The van der Waals surface area contributed by atoms with Crippen LogP contribution in [0.2, 0.25) is 0 Å². The van der Waals surface area contributed by atoms with Gasteiger partial charge in [-0.3, -0.25) is 0 Å². The van der Waals surface area contributed by atoms with Crippen LogP contribution in [0.3, 0.4) is 0 Å². The van der Waals surface area contributed by atoms with Gasteiger partial charge in [0, 0.05) is 11.0 Å². The number of pyridine rings is 1. The maximum absolute atomic E-state index is 12.7. The van der Waals surface area contributed by atoms with Crippen molar-refractivity contribution in [1.82, 2.24) is 10.5 Å². The van der Waals surface area contributed by atoms with Gasteiger partial charge in [-0.05, 0) is 12.1 Å². The first kappa shape index (κ1) is 16.2. The fraction of sp³-hybridized carbons (Fsp3) is 0.143. The molecule has 1 atom stereocenters. The summed E-state index contributed by atoms with van der Waals surface area (Å²) in [6.45, 7) is 0. The Hall–Kier alpha value is -2.62. The molecule has 2 aromatic rings. The van der Waals surface area contributed by atoms with Crippen LogP contribution in [0.15, 0.2) is 47.5 Å². The van der Waals surface area contributed by atoms with Gasteiger partial charge in [-0.15, -0.1) is 0 Å². The van der Waals surface area contributed by atoms with Crippen LogP contribution in [0, 0.1) is 0 Å². The number of para-hydroxylation sites is 1. The van der Waals surface area contributed by atoms with Crippen LogP contribution in [0.25, 0.3) is 0 Å². The van der Waals surface area contributed by atoms with Crippen LogP contribution in [0.1, 0.15) is 0 Å². The van der Waals surface area contributed by atoms with Crippen LogP contribution < -0.4 is 20.4 Å². The Balaban J connectivity index is 1.57. The molecule has 6 nitrogen and oxygen atoms in total. The average molecular weight is 357 g/mol. The highest BCUT2D eigenvalue weighted by Crippen LogP contribution is 2.45. The Morgan fingerprint density at radius 2 is 2.04 bits per heavy atom. The van der Waals surface area contributed by atoms with E-state index in [1.165, 1.54) is 12.3 Å². The van der Waals surface area contributed by atoms with Gasteiger partial charge in [0.05, 0.1) is 11.9 Å². The molecule has 0 spiro atoms. The third-order valence-electron chi connectivity index (χ3n) is 2.86. The molecule has 0 fully saturated rings. The highest BCUT2D eigenvalue weighted by atomic mass is 32.2. The third kappa shape index (κ3) is 3.82. The molecule has 0 radical (unpaired) electrons. The fourth-order valence-corrected chi connectivity index (χ4v) is 2.82. The number of aromatic nitrogens is 1. The first-order valence-electron chi connectivity index (χ1n) is 6.61. The zero-order chi connectivity index (χ0) is 17.2. The molecule has 1 aromatic carbocycles. The number of fused-ring (bicyclic) bond motifs is 1. The topological polar surface area (TPSA) is 72.5 Å². The number of halogens is 3. The lowest BCUT2D eigenvalue weighted by Gasteiger charge is -2.13. The summed E-state index contributed by atoms with van der Waals surface area (Å²) >= 11 is 0.594. The minimum atomic E-state index is -4.39. The van der Waals surface area contributed by atoms with Crippen LogP contribution in [-0.4, -0.2) is 22.6 Å². The number of rotatable bonds is 3. The number of nitrogens with zero attached hydrogens (tertiary/aromatic N) is 1.